The molecule has 2 heteroatoms. The summed E-state index contributed by atoms with van der Waals surface area (Å²) in [4.78, 5) is 2.53. The summed E-state index contributed by atoms with van der Waals surface area (Å²) < 4.78 is 5.62. The van der Waals surface area contributed by atoms with E-state index in [4.69, 9.17) is 4.42 Å². The summed E-state index contributed by atoms with van der Waals surface area (Å²) in [7, 11) is 0. The first-order valence-electron chi connectivity index (χ1n) is 6.12. The fourth-order valence-electron chi connectivity index (χ4n) is 2.26. The van der Waals surface area contributed by atoms with Gasteiger partial charge in [0.15, 0.2) is 0 Å². The number of furan rings is 1. The molecule has 2 heterocycles. The van der Waals surface area contributed by atoms with Gasteiger partial charge in [-0.1, -0.05) is 19.3 Å². The SMILES string of the molecule is Cc1ccc(CN2CCCCCCC2)o1. The van der Waals surface area contributed by atoms with Crippen LogP contribution in [0.2, 0.25) is 0 Å². The highest BCUT2D eigenvalue weighted by Crippen LogP contribution is 2.14. The average Bonchev–Trinajstić information content (AvgIpc) is 2.56. The number of hydrogen-bond donors (Lipinski definition) is 0. The molecule has 0 aliphatic carbocycles. The first-order valence-corrected chi connectivity index (χ1v) is 6.12. The molecule has 0 bridgehead atoms. The van der Waals surface area contributed by atoms with Crippen LogP contribution < -0.4 is 0 Å². The van der Waals surface area contributed by atoms with Crippen LogP contribution in [0, 0.1) is 6.92 Å². The molecule has 2 nitrogen and oxygen atoms in total. The van der Waals surface area contributed by atoms with Crippen molar-refractivity contribution in [2.45, 2.75) is 45.6 Å². The third-order valence-electron chi connectivity index (χ3n) is 3.12. The van der Waals surface area contributed by atoms with E-state index in [0.717, 1.165) is 18.1 Å². The third kappa shape index (κ3) is 3.38. The van der Waals surface area contributed by atoms with E-state index in [1.165, 1.54) is 45.2 Å². The molecule has 0 saturated carbocycles. The van der Waals surface area contributed by atoms with Gasteiger partial charge >= 0.3 is 0 Å². The lowest BCUT2D eigenvalue weighted by molar-refractivity contribution is 0.221. The molecule has 1 aromatic rings. The fourth-order valence-corrected chi connectivity index (χ4v) is 2.26. The minimum absolute atomic E-state index is 0.994. The predicted molar refractivity (Wildman–Crippen MR) is 61.8 cm³/mol. The molecule has 1 aromatic heterocycles. The molecule has 0 radical (unpaired) electrons. The van der Waals surface area contributed by atoms with E-state index in [0.29, 0.717) is 0 Å². The van der Waals surface area contributed by atoms with Gasteiger partial charge in [-0.25, -0.2) is 0 Å². The molecular weight excluding hydrogens is 186 g/mol. The maximum absolute atomic E-state index is 5.62. The van der Waals surface area contributed by atoms with Gasteiger partial charge in [-0.05, 0) is 45.0 Å². The number of rotatable bonds is 2. The first kappa shape index (κ1) is 10.7. The molecule has 2 rings (SSSR count). The Hall–Kier alpha value is -0.760. The molecule has 0 spiro atoms. The molecule has 1 saturated heterocycles. The molecule has 0 N–H and O–H groups in total. The second-order valence-corrected chi connectivity index (χ2v) is 4.56. The van der Waals surface area contributed by atoms with Gasteiger partial charge < -0.3 is 4.42 Å². The zero-order valence-electron chi connectivity index (χ0n) is 9.67. The van der Waals surface area contributed by atoms with Crippen molar-refractivity contribution in [1.82, 2.24) is 4.90 Å². The summed E-state index contributed by atoms with van der Waals surface area (Å²) in [6.45, 7) is 5.48. The number of likely N-dealkylation sites (tertiary alicyclic amines) is 1. The van der Waals surface area contributed by atoms with Crippen LogP contribution >= 0.6 is 0 Å². The number of nitrogens with zero attached hydrogens (tertiary/aromatic N) is 1. The van der Waals surface area contributed by atoms with Crippen LogP contribution in [0.4, 0.5) is 0 Å². The van der Waals surface area contributed by atoms with Crippen molar-refractivity contribution in [3.63, 3.8) is 0 Å². The molecule has 0 amide bonds. The highest BCUT2D eigenvalue weighted by molar-refractivity contribution is 5.05. The van der Waals surface area contributed by atoms with E-state index >= 15 is 0 Å². The highest BCUT2D eigenvalue weighted by atomic mass is 16.3. The summed E-state index contributed by atoms with van der Waals surface area (Å²) in [5, 5.41) is 0. The van der Waals surface area contributed by atoms with Crippen molar-refractivity contribution >= 4 is 0 Å². The Morgan fingerprint density at radius 3 is 2.33 bits per heavy atom. The Bertz CT molecular complexity index is 284. The molecule has 1 fully saturated rings. The predicted octanol–water partition coefficient (Wildman–Crippen LogP) is 3.35. The minimum atomic E-state index is 0.994. The Labute approximate surface area is 92.3 Å². The monoisotopic (exact) mass is 207 g/mol. The Morgan fingerprint density at radius 2 is 1.73 bits per heavy atom. The van der Waals surface area contributed by atoms with Crippen LogP contribution in [-0.4, -0.2) is 18.0 Å². The van der Waals surface area contributed by atoms with Gasteiger partial charge in [0, 0.05) is 0 Å². The van der Waals surface area contributed by atoms with Crippen molar-refractivity contribution < 1.29 is 4.42 Å². The van der Waals surface area contributed by atoms with Crippen molar-refractivity contribution in [1.29, 1.82) is 0 Å². The smallest absolute Gasteiger partial charge is 0.118 e. The molecule has 0 atom stereocenters. The van der Waals surface area contributed by atoms with Gasteiger partial charge in [-0.2, -0.15) is 0 Å². The minimum Gasteiger partial charge on any atom is -0.465 e. The van der Waals surface area contributed by atoms with Crippen molar-refractivity contribution in [2.24, 2.45) is 0 Å². The molecule has 15 heavy (non-hydrogen) atoms. The quantitative estimate of drug-likeness (QED) is 0.739. The van der Waals surface area contributed by atoms with Crippen LogP contribution in [0.1, 0.15) is 43.6 Å². The lowest BCUT2D eigenvalue weighted by atomic mass is 10.1. The van der Waals surface area contributed by atoms with Crippen molar-refractivity contribution in [3.8, 4) is 0 Å². The average molecular weight is 207 g/mol. The summed E-state index contributed by atoms with van der Waals surface area (Å²) in [6, 6.07) is 4.16. The van der Waals surface area contributed by atoms with Gasteiger partial charge in [0.05, 0.1) is 6.54 Å². The Balaban J connectivity index is 1.86. The Morgan fingerprint density at radius 1 is 1.07 bits per heavy atom. The van der Waals surface area contributed by atoms with E-state index < -0.39 is 0 Å². The van der Waals surface area contributed by atoms with Crippen LogP contribution in [0.25, 0.3) is 0 Å². The van der Waals surface area contributed by atoms with E-state index in [-0.39, 0.29) is 0 Å². The van der Waals surface area contributed by atoms with Crippen LogP contribution in [0.5, 0.6) is 0 Å². The Kier molecular flexibility index (Phi) is 3.84. The second kappa shape index (κ2) is 5.36. The summed E-state index contributed by atoms with van der Waals surface area (Å²) >= 11 is 0. The molecule has 0 aromatic carbocycles. The summed E-state index contributed by atoms with van der Waals surface area (Å²) in [6.07, 6.45) is 6.91. The number of aryl methyl sites for hydroxylation is 1. The van der Waals surface area contributed by atoms with Crippen molar-refractivity contribution in [2.75, 3.05) is 13.1 Å². The lowest BCUT2D eigenvalue weighted by Gasteiger charge is -2.23. The zero-order chi connectivity index (χ0) is 10.5. The molecule has 1 aliphatic rings. The van der Waals surface area contributed by atoms with Crippen LogP contribution in [-0.2, 0) is 6.54 Å². The standard InChI is InChI=1S/C13H21NO/c1-12-7-8-13(15-12)11-14-9-5-3-2-4-6-10-14/h7-8H,2-6,9-11H2,1H3. The second-order valence-electron chi connectivity index (χ2n) is 4.56. The highest BCUT2D eigenvalue weighted by Gasteiger charge is 2.10. The van der Waals surface area contributed by atoms with E-state index in [1.54, 1.807) is 0 Å². The molecular formula is C13H21NO. The van der Waals surface area contributed by atoms with E-state index in [9.17, 15) is 0 Å². The molecule has 1 aliphatic heterocycles. The third-order valence-corrected chi connectivity index (χ3v) is 3.12. The van der Waals surface area contributed by atoms with Gasteiger partial charge in [0.2, 0.25) is 0 Å². The fraction of sp³-hybridized carbons (Fsp3) is 0.692. The van der Waals surface area contributed by atoms with Gasteiger partial charge in [0.1, 0.15) is 11.5 Å². The molecule has 0 unspecified atom stereocenters. The van der Waals surface area contributed by atoms with E-state index in [1.807, 2.05) is 6.92 Å². The van der Waals surface area contributed by atoms with Crippen molar-refractivity contribution in [3.05, 3.63) is 23.7 Å². The maximum Gasteiger partial charge on any atom is 0.118 e. The van der Waals surface area contributed by atoms with E-state index in [2.05, 4.69) is 17.0 Å². The van der Waals surface area contributed by atoms with Crippen LogP contribution in [0.3, 0.4) is 0 Å². The van der Waals surface area contributed by atoms with Gasteiger partial charge in [-0.15, -0.1) is 0 Å². The summed E-state index contributed by atoms with van der Waals surface area (Å²) in [5.41, 5.74) is 0. The zero-order valence-corrected chi connectivity index (χ0v) is 9.67. The lowest BCUT2D eigenvalue weighted by Crippen LogP contribution is -2.26. The largest absolute Gasteiger partial charge is 0.465 e. The normalized spacial score (nSPS) is 19.8. The number of hydrogen-bond acceptors (Lipinski definition) is 2. The van der Waals surface area contributed by atoms with Gasteiger partial charge in [0.25, 0.3) is 0 Å². The van der Waals surface area contributed by atoms with Gasteiger partial charge in [-0.3, -0.25) is 4.90 Å². The van der Waals surface area contributed by atoms with Crippen LogP contribution in [0.15, 0.2) is 16.5 Å². The molecule has 84 valence electrons. The summed E-state index contributed by atoms with van der Waals surface area (Å²) in [5.74, 6) is 2.14. The first-order chi connectivity index (χ1) is 7.34. The topological polar surface area (TPSA) is 16.4 Å². The maximum atomic E-state index is 5.62.